The molecule has 1 fully saturated rings. The van der Waals surface area contributed by atoms with Gasteiger partial charge < -0.3 is 20.1 Å². The molecule has 0 aliphatic carbocycles. The minimum Gasteiger partial charge on any atom is -0.760 e. The van der Waals surface area contributed by atoms with E-state index in [1.165, 1.54) is 12.1 Å². The van der Waals surface area contributed by atoms with Crippen LogP contribution in [-0.2, 0) is 11.3 Å². The molecular weight excluding hydrogens is 447 g/mol. The number of hydrogen-bond donors (Lipinski definition) is 3. The van der Waals surface area contributed by atoms with Crippen molar-refractivity contribution in [1.82, 2.24) is 24.7 Å². The van der Waals surface area contributed by atoms with Gasteiger partial charge in [-0.05, 0) is 37.0 Å². The van der Waals surface area contributed by atoms with Gasteiger partial charge in [-0.1, -0.05) is 12.1 Å². The number of hydrogen-bond acceptors (Lipinski definition) is 9. The molecule has 3 aromatic rings. The number of rotatable bonds is 10. The Morgan fingerprint density at radius 2 is 2.00 bits per heavy atom. The molecule has 0 bridgehead atoms. The number of anilines is 4. The summed E-state index contributed by atoms with van der Waals surface area (Å²) in [5.41, 5.74) is 0.904. The zero-order valence-corrected chi connectivity index (χ0v) is 18.8. The third-order valence-corrected chi connectivity index (χ3v) is 5.74. The Kier molecular flexibility index (Phi) is 7.37. The van der Waals surface area contributed by atoms with E-state index in [0.29, 0.717) is 30.0 Å². The summed E-state index contributed by atoms with van der Waals surface area (Å²) in [6.07, 6.45) is 5.53. The van der Waals surface area contributed by atoms with E-state index >= 15 is 0 Å². The van der Waals surface area contributed by atoms with E-state index in [1.807, 2.05) is 13.0 Å². The fourth-order valence-corrected chi connectivity index (χ4v) is 3.82. The van der Waals surface area contributed by atoms with Crippen molar-refractivity contribution in [2.24, 2.45) is 5.92 Å². The molecule has 2 unspecified atom stereocenters. The minimum absolute atomic E-state index is 0.145. The quantitative estimate of drug-likeness (QED) is 0.382. The van der Waals surface area contributed by atoms with E-state index in [2.05, 4.69) is 40.2 Å². The summed E-state index contributed by atoms with van der Waals surface area (Å²) < 4.78 is 36.9. The average molecular weight is 472 g/mol. The fourth-order valence-electron chi connectivity index (χ4n) is 3.53. The highest BCUT2D eigenvalue weighted by atomic mass is 32.2. The van der Waals surface area contributed by atoms with Crippen LogP contribution in [0.1, 0.15) is 24.9 Å². The summed E-state index contributed by atoms with van der Waals surface area (Å²) in [6.45, 7) is 3.90. The summed E-state index contributed by atoms with van der Waals surface area (Å²) in [5.74, 6) is 2.36. The second-order valence-electron chi connectivity index (χ2n) is 7.76. The first kappa shape index (κ1) is 23.0. The first-order chi connectivity index (χ1) is 16.0. The summed E-state index contributed by atoms with van der Waals surface area (Å²) in [6, 6.07) is 7.97. The zero-order chi connectivity index (χ0) is 23.2. The standard InChI is InChI=1S/C21H25FN8O2S/c1-14(16-2-4-17(22)5-3-16)26-21-28-18(27-19-11-23-8-9-24-19)10-20(29-21)30-12-15(13-30)6-7-25-33(31)32/h2-5,8-11,14-15,25H,6-7,12-13H2,1H3,(H,31,32)(H2,24,26,27,28,29)/p-1. The van der Waals surface area contributed by atoms with Gasteiger partial charge in [0.05, 0.1) is 12.2 Å². The van der Waals surface area contributed by atoms with Crippen LogP contribution in [0.15, 0.2) is 48.9 Å². The molecule has 0 amide bonds. The average Bonchev–Trinajstić information content (AvgIpc) is 2.76. The molecular formula is C21H24FN8O2S-. The van der Waals surface area contributed by atoms with Crippen molar-refractivity contribution in [3.8, 4) is 0 Å². The first-order valence-electron chi connectivity index (χ1n) is 10.5. The molecule has 4 rings (SSSR count). The predicted octanol–water partition coefficient (Wildman–Crippen LogP) is 2.53. The van der Waals surface area contributed by atoms with Crippen LogP contribution in [0.3, 0.4) is 0 Å². The Hall–Kier alpha value is -3.22. The third-order valence-electron chi connectivity index (χ3n) is 5.30. The topological polar surface area (TPSA) is 131 Å². The fraction of sp³-hybridized carbons (Fsp3) is 0.333. The van der Waals surface area contributed by atoms with Crippen LogP contribution >= 0.6 is 0 Å². The van der Waals surface area contributed by atoms with E-state index in [-0.39, 0.29) is 11.9 Å². The van der Waals surface area contributed by atoms with Crippen LogP contribution in [0.4, 0.5) is 27.8 Å². The number of halogens is 1. The molecule has 0 saturated carbocycles. The van der Waals surface area contributed by atoms with Gasteiger partial charge in [-0.3, -0.25) is 9.19 Å². The maximum atomic E-state index is 13.3. The van der Waals surface area contributed by atoms with Gasteiger partial charge in [0.1, 0.15) is 23.3 Å². The van der Waals surface area contributed by atoms with Crippen LogP contribution in [0.2, 0.25) is 0 Å². The van der Waals surface area contributed by atoms with Crippen molar-refractivity contribution in [1.29, 1.82) is 0 Å². The molecule has 10 nitrogen and oxygen atoms in total. The molecule has 1 saturated heterocycles. The number of benzene rings is 1. The van der Waals surface area contributed by atoms with Crippen LogP contribution in [0.25, 0.3) is 0 Å². The van der Waals surface area contributed by atoms with Gasteiger partial charge in [0, 0.05) is 49.4 Å². The Morgan fingerprint density at radius 3 is 2.70 bits per heavy atom. The SMILES string of the molecule is CC(Nc1nc(Nc2cnccn2)cc(N2CC(CCNS(=O)[O-])C2)n1)c1ccc(F)cc1. The van der Waals surface area contributed by atoms with Crippen molar-refractivity contribution < 1.29 is 13.2 Å². The molecule has 33 heavy (non-hydrogen) atoms. The van der Waals surface area contributed by atoms with E-state index in [1.54, 1.807) is 30.7 Å². The van der Waals surface area contributed by atoms with Crippen molar-refractivity contribution >= 4 is 34.7 Å². The van der Waals surface area contributed by atoms with Gasteiger partial charge in [0.25, 0.3) is 0 Å². The molecule has 0 spiro atoms. The molecule has 1 aromatic carbocycles. The lowest BCUT2D eigenvalue weighted by molar-refractivity contribution is 0.380. The summed E-state index contributed by atoms with van der Waals surface area (Å²) in [5, 5.41) is 6.43. The highest BCUT2D eigenvalue weighted by Gasteiger charge is 2.28. The van der Waals surface area contributed by atoms with E-state index < -0.39 is 11.3 Å². The van der Waals surface area contributed by atoms with E-state index in [4.69, 9.17) is 0 Å². The lowest BCUT2D eigenvalue weighted by Gasteiger charge is -2.40. The lowest BCUT2D eigenvalue weighted by atomic mass is 9.96. The monoisotopic (exact) mass is 471 g/mol. The second kappa shape index (κ2) is 10.6. The maximum Gasteiger partial charge on any atom is 0.227 e. The van der Waals surface area contributed by atoms with Crippen molar-refractivity contribution in [3.05, 3.63) is 60.3 Å². The Morgan fingerprint density at radius 1 is 1.21 bits per heavy atom. The first-order valence-corrected chi connectivity index (χ1v) is 11.6. The predicted molar refractivity (Wildman–Crippen MR) is 123 cm³/mol. The molecule has 3 N–H and O–H groups in total. The lowest BCUT2D eigenvalue weighted by Crippen LogP contribution is -2.48. The van der Waals surface area contributed by atoms with Crippen LogP contribution in [0, 0.1) is 11.7 Å². The Balaban J connectivity index is 1.49. The smallest absolute Gasteiger partial charge is 0.227 e. The summed E-state index contributed by atoms with van der Waals surface area (Å²) in [4.78, 5) is 19.6. The van der Waals surface area contributed by atoms with Crippen LogP contribution < -0.4 is 20.3 Å². The largest absolute Gasteiger partial charge is 0.760 e. The van der Waals surface area contributed by atoms with Crippen LogP contribution in [-0.4, -0.2) is 48.3 Å². The van der Waals surface area contributed by atoms with Crippen molar-refractivity contribution in [2.75, 3.05) is 35.2 Å². The van der Waals surface area contributed by atoms with Gasteiger partial charge in [-0.2, -0.15) is 9.97 Å². The minimum atomic E-state index is -2.24. The molecule has 1 aliphatic rings. The summed E-state index contributed by atoms with van der Waals surface area (Å²) >= 11 is -2.24. The number of nitrogens with one attached hydrogen (secondary N) is 3. The van der Waals surface area contributed by atoms with Crippen molar-refractivity contribution in [2.45, 2.75) is 19.4 Å². The van der Waals surface area contributed by atoms with Crippen molar-refractivity contribution in [3.63, 3.8) is 0 Å². The molecule has 2 aromatic heterocycles. The van der Waals surface area contributed by atoms with Gasteiger partial charge in [0.15, 0.2) is 0 Å². The van der Waals surface area contributed by atoms with Crippen LogP contribution in [0.5, 0.6) is 0 Å². The highest BCUT2D eigenvalue weighted by Crippen LogP contribution is 2.29. The highest BCUT2D eigenvalue weighted by molar-refractivity contribution is 7.77. The van der Waals surface area contributed by atoms with Gasteiger partial charge in [-0.25, -0.2) is 14.1 Å². The normalized spacial score (nSPS) is 15.5. The molecule has 12 heteroatoms. The third kappa shape index (κ3) is 6.40. The van der Waals surface area contributed by atoms with Gasteiger partial charge in [-0.15, -0.1) is 0 Å². The Labute approximate surface area is 193 Å². The maximum absolute atomic E-state index is 13.3. The molecule has 3 heterocycles. The second-order valence-corrected chi connectivity index (χ2v) is 8.52. The number of aromatic nitrogens is 4. The van der Waals surface area contributed by atoms with Gasteiger partial charge >= 0.3 is 0 Å². The van der Waals surface area contributed by atoms with E-state index in [0.717, 1.165) is 30.9 Å². The Bertz CT molecular complexity index is 1080. The molecule has 0 radical (unpaired) electrons. The van der Waals surface area contributed by atoms with Gasteiger partial charge in [0.2, 0.25) is 5.95 Å². The molecule has 2 atom stereocenters. The zero-order valence-electron chi connectivity index (χ0n) is 17.9. The molecule has 174 valence electrons. The summed E-state index contributed by atoms with van der Waals surface area (Å²) in [7, 11) is 0. The molecule has 1 aliphatic heterocycles. The van der Waals surface area contributed by atoms with E-state index in [9.17, 15) is 13.2 Å². The number of nitrogens with zero attached hydrogens (tertiary/aromatic N) is 5.